The Morgan fingerprint density at radius 1 is 1.22 bits per heavy atom. The summed E-state index contributed by atoms with van der Waals surface area (Å²) in [6.45, 7) is 1.93. The molecule has 0 aliphatic heterocycles. The zero-order valence-electron chi connectivity index (χ0n) is 12.7. The molecule has 0 radical (unpaired) electrons. The second kappa shape index (κ2) is 4.70. The molecule has 4 rings (SSSR count). The number of fused-ring (bicyclic) bond motifs is 2. The first kappa shape index (κ1) is 13.6. The predicted molar refractivity (Wildman–Crippen MR) is 88.3 cm³/mol. The smallest absolute Gasteiger partial charge is 0.174 e. The molecule has 0 fully saturated rings. The maximum absolute atomic E-state index is 14.6. The average Bonchev–Trinajstić information content (AvgIpc) is 3.05. The molecule has 1 aromatic carbocycles. The van der Waals surface area contributed by atoms with Gasteiger partial charge in [0, 0.05) is 30.5 Å². The number of nitrogens with zero attached hydrogens (tertiary/aromatic N) is 4. The number of pyridine rings is 1. The van der Waals surface area contributed by atoms with Crippen LogP contribution in [0.15, 0.2) is 36.8 Å². The number of hydrogen-bond donors (Lipinski definition) is 2. The maximum atomic E-state index is 14.6. The standard InChI is InChI=1S/C16H15FN6/c1-9-5-11(18)7-23-8-13(20-16(9)23)19-12-4-3-10-6-22(2)21-15(10)14(12)17/h3-8,19H,18H2,1-2H3. The van der Waals surface area contributed by atoms with Crippen molar-refractivity contribution >= 4 is 33.7 Å². The summed E-state index contributed by atoms with van der Waals surface area (Å²) in [5.74, 6) is 0.157. The lowest BCUT2D eigenvalue weighted by molar-refractivity contribution is 0.636. The molecule has 4 aromatic rings. The monoisotopic (exact) mass is 310 g/mol. The van der Waals surface area contributed by atoms with E-state index in [4.69, 9.17) is 5.73 Å². The Labute approximate surface area is 131 Å². The summed E-state index contributed by atoms with van der Waals surface area (Å²) < 4.78 is 18.0. The van der Waals surface area contributed by atoms with Gasteiger partial charge in [0.2, 0.25) is 0 Å². The predicted octanol–water partition coefficient (Wildman–Crippen LogP) is 2.99. The number of halogens is 1. The molecule has 3 heterocycles. The van der Waals surface area contributed by atoms with Gasteiger partial charge in [0.25, 0.3) is 0 Å². The summed E-state index contributed by atoms with van der Waals surface area (Å²) in [5, 5.41) is 7.91. The van der Waals surface area contributed by atoms with Crippen LogP contribution in [-0.4, -0.2) is 19.2 Å². The minimum atomic E-state index is -0.392. The van der Waals surface area contributed by atoms with Crippen LogP contribution in [0.2, 0.25) is 0 Å². The van der Waals surface area contributed by atoms with Crippen molar-refractivity contribution in [2.45, 2.75) is 6.92 Å². The van der Waals surface area contributed by atoms with Gasteiger partial charge in [-0.15, -0.1) is 0 Å². The third kappa shape index (κ3) is 2.17. The Hall–Kier alpha value is -3.09. The van der Waals surface area contributed by atoms with E-state index >= 15 is 0 Å². The third-order valence-electron chi connectivity index (χ3n) is 3.75. The van der Waals surface area contributed by atoms with Gasteiger partial charge in [-0.05, 0) is 30.7 Å². The Morgan fingerprint density at radius 2 is 2.04 bits per heavy atom. The lowest BCUT2D eigenvalue weighted by Gasteiger charge is -2.04. The Kier molecular flexibility index (Phi) is 2.77. The Balaban J connectivity index is 1.78. The topological polar surface area (TPSA) is 73.2 Å². The summed E-state index contributed by atoms with van der Waals surface area (Å²) in [6, 6.07) is 5.37. The molecule has 3 N–H and O–H groups in total. The van der Waals surface area contributed by atoms with Crippen LogP contribution in [-0.2, 0) is 7.05 Å². The van der Waals surface area contributed by atoms with Crippen LogP contribution in [0.25, 0.3) is 16.6 Å². The van der Waals surface area contributed by atoms with E-state index in [0.717, 1.165) is 16.6 Å². The molecule has 0 aliphatic rings. The molecule has 0 aliphatic carbocycles. The SMILES string of the molecule is Cc1cc(N)cn2cc(Nc3ccc4cn(C)nc4c3F)nc12. The summed E-state index contributed by atoms with van der Waals surface area (Å²) in [6.07, 6.45) is 5.33. The van der Waals surface area contributed by atoms with Crippen molar-refractivity contribution in [2.24, 2.45) is 7.05 Å². The molecule has 0 spiro atoms. The molecule has 3 aromatic heterocycles. The molecule has 0 amide bonds. The first-order chi connectivity index (χ1) is 11.0. The van der Waals surface area contributed by atoms with E-state index in [-0.39, 0.29) is 0 Å². The van der Waals surface area contributed by atoms with Crippen LogP contribution in [0.4, 0.5) is 21.6 Å². The van der Waals surface area contributed by atoms with E-state index in [1.807, 2.05) is 23.5 Å². The molecule has 6 nitrogen and oxygen atoms in total. The highest BCUT2D eigenvalue weighted by Gasteiger charge is 2.12. The molecule has 116 valence electrons. The summed E-state index contributed by atoms with van der Waals surface area (Å²) in [7, 11) is 1.77. The number of hydrogen-bond acceptors (Lipinski definition) is 4. The normalized spacial score (nSPS) is 11.4. The van der Waals surface area contributed by atoms with Gasteiger partial charge in [-0.3, -0.25) is 4.68 Å². The van der Waals surface area contributed by atoms with Gasteiger partial charge in [-0.25, -0.2) is 9.37 Å². The van der Waals surface area contributed by atoms with Crippen LogP contribution in [0.5, 0.6) is 0 Å². The molecule has 0 unspecified atom stereocenters. The van der Waals surface area contributed by atoms with E-state index in [2.05, 4.69) is 15.4 Å². The van der Waals surface area contributed by atoms with Gasteiger partial charge < -0.3 is 15.5 Å². The molecule has 23 heavy (non-hydrogen) atoms. The van der Waals surface area contributed by atoms with Gasteiger partial charge in [0.05, 0.1) is 11.9 Å². The summed E-state index contributed by atoms with van der Waals surface area (Å²) in [4.78, 5) is 4.48. The lowest BCUT2D eigenvalue weighted by atomic mass is 10.2. The van der Waals surface area contributed by atoms with E-state index in [1.54, 1.807) is 36.4 Å². The summed E-state index contributed by atoms with van der Waals surface area (Å²) in [5.41, 5.74) is 8.90. The maximum Gasteiger partial charge on any atom is 0.174 e. The van der Waals surface area contributed by atoms with E-state index in [1.165, 1.54) is 0 Å². The van der Waals surface area contributed by atoms with E-state index in [9.17, 15) is 4.39 Å². The Morgan fingerprint density at radius 3 is 2.87 bits per heavy atom. The number of aryl methyl sites for hydroxylation is 2. The largest absolute Gasteiger partial charge is 0.398 e. The molecule has 0 saturated heterocycles. The highest BCUT2D eigenvalue weighted by atomic mass is 19.1. The second-order valence-electron chi connectivity index (χ2n) is 5.61. The number of rotatable bonds is 2. The van der Waals surface area contributed by atoms with Crippen LogP contribution in [0.1, 0.15) is 5.56 Å². The fourth-order valence-electron chi connectivity index (χ4n) is 2.76. The highest BCUT2D eigenvalue weighted by Crippen LogP contribution is 2.26. The van der Waals surface area contributed by atoms with Crippen LogP contribution < -0.4 is 11.1 Å². The minimum Gasteiger partial charge on any atom is -0.398 e. The fraction of sp³-hybridized carbons (Fsp3) is 0.125. The van der Waals surface area contributed by atoms with Crippen molar-refractivity contribution in [3.8, 4) is 0 Å². The second-order valence-corrected chi connectivity index (χ2v) is 5.61. The highest BCUT2D eigenvalue weighted by molar-refractivity contribution is 5.83. The van der Waals surface area contributed by atoms with Crippen LogP contribution >= 0.6 is 0 Å². The van der Waals surface area contributed by atoms with Crippen molar-refractivity contribution in [3.05, 3.63) is 48.2 Å². The zero-order valence-corrected chi connectivity index (χ0v) is 12.7. The number of aromatic nitrogens is 4. The minimum absolute atomic E-state index is 0.335. The number of nitrogens with two attached hydrogens (primary N) is 1. The van der Waals surface area contributed by atoms with E-state index in [0.29, 0.717) is 22.7 Å². The molecule has 0 bridgehead atoms. The van der Waals surface area contributed by atoms with Crippen molar-refractivity contribution in [1.82, 2.24) is 19.2 Å². The zero-order chi connectivity index (χ0) is 16.1. The summed E-state index contributed by atoms with van der Waals surface area (Å²) >= 11 is 0. The third-order valence-corrected chi connectivity index (χ3v) is 3.75. The quantitative estimate of drug-likeness (QED) is 0.597. The molecular weight excluding hydrogens is 295 g/mol. The van der Waals surface area contributed by atoms with Crippen molar-refractivity contribution in [1.29, 1.82) is 0 Å². The number of anilines is 3. The number of nitrogen functional groups attached to an aromatic ring is 1. The van der Waals surface area contributed by atoms with Crippen molar-refractivity contribution in [2.75, 3.05) is 11.1 Å². The number of benzene rings is 1. The number of nitrogens with one attached hydrogen (secondary N) is 1. The first-order valence-electron chi connectivity index (χ1n) is 7.15. The van der Waals surface area contributed by atoms with Gasteiger partial charge >= 0.3 is 0 Å². The van der Waals surface area contributed by atoms with Gasteiger partial charge in [-0.2, -0.15) is 5.10 Å². The van der Waals surface area contributed by atoms with Crippen molar-refractivity contribution < 1.29 is 4.39 Å². The molecule has 0 saturated carbocycles. The van der Waals surface area contributed by atoms with E-state index < -0.39 is 5.82 Å². The average molecular weight is 310 g/mol. The molecule has 0 atom stereocenters. The van der Waals surface area contributed by atoms with Crippen molar-refractivity contribution in [3.63, 3.8) is 0 Å². The Bertz CT molecular complexity index is 1050. The molecule has 7 heteroatoms. The van der Waals surface area contributed by atoms with Gasteiger partial charge in [0.15, 0.2) is 5.82 Å². The lowest BCUT2D eigenvalue weighted by Crippen LogP contribution is -1.95. The first-order valence-corrected chi connectivity index (χ1v) is 7.15. The fourth-order valence-corrected chi connectivity index (χ4v) is 2.76. The van der Waals surface area contributed by atoms with Crippen LogP contribution in [0, 0.1) is 12.7 Å². The van der Waals surface area contributed by atoms with Gasteiger partial charge in [-0.1, -0.05) is 0 Å². The molecular formula is C16H15FN6. The number of imidazole rings is 1. The van der Waals surface area contributed by atoms with Gasteiger partial charge in [0.1, 0.15) is 17.0 Å². The van der Waals surface area contributed by atoms with Crippen LogP contribution in [0.3, 0.4) is 0 Å².